The first-order chi connectivity index (χ1) is 68.1. The van der Waals surface area contributed by atoms with Gasteiger partial charge in [0, 0.05) is 125 Å². The first-order valence-corrected chi connectivity index (χ1v) is 48.9. The van der Waals surface area contributed by atoms with Crippen LogP contribution in [0.3, 0.4) is 0 Å². The number of carboxylic acids is 1. The number of hydrogen-bond donors (Lipinski definition) is 3. The Kier molecular flexibility index (Phi) is 39.5. The van der Waals surface area contributed by atoms with Gasteiger partial charge < -0.3 is 59.4 Å². The Morgan fingerprint density at radius 1 is 0.368 bits per heavy atom. The first-order valence-electron chi connectivity index (χ1n) is 48.6. The lowest BCUT2D eigenvalue weighted by atomic mass is 9.79. The summed E-state index contributed by atoms with van der Waals surface area (Å²) in [6, 6.07) is 84.5. The number of Topliss-reactive ketones (excluding diaryl/α,β-unsaturated/α-hetero) is 2. The van der Waals surface area contributed by atoms with E-state index in [1.54, 1.807) is 57.3 Å². The number of rotatable bonds is 38. The molecule has 9 atom stereocenters. The maximum Gasteiger partial charge on any atom is 0.407 e. The Bertz CT molecular complexity index is 6130. The maximum absolute atomic E-state index is 15.6. The molecular formula is C119H135ClN8O16. The van der Waals surface area contributed by atoms with Crippen LogP contribution in [0.5, 0.6) is 0 Å². The predicted molar refractivity (Wildman–Crippen MR) is 561 cm³/mol. The lowest BCUT2D eigenvalue weighted by Gasteiger charge is -2.37. The van der Waals surface area contributed by atoms with Crippen molar-refractivity contribution in [1.29, 1.82) is 0 Å². The van der Waals surface area contributed by atoms with Gasteiger partial charge in [0.1, 0.15) is 37.4 Å². The highest BCUT2D eigenvalue weighted by atomic mass is 35.5. The molecule has 11 aromatic rings. The van der Waals surface area contributed by atoms with Crippen LogP contribution in [0.15, 0.2) is 297 Å². The molecular weight excluding hydrogens is 1830 g/mol. The minimum absolute atomic E-state index is 0. The third kappa shape index (κ3) is 26.8. The van der Waals surface area contributed by atoms with Gasteiger partial charge in [0.25, 0.3) is 0 Å². The molecule has 3 N–H and O–H groups in total. The van der Waals surface area contributed by atoms with E-state index < -0.39 is 114 Å². The Morgan fingerprint density at radius 3 is 1.01 bits per heavy atom. The summed E-state index contributed by atoms with van der Waals surface area (Å²) in [7, 11) is 5.92. The van der Waals surface area contributed by atoms with E-state index in [4.69, 9.17) is 25.8 Å². The number of carbonyl (C=O) groups excluding carboxylic acids is 11. The van der Waals surface area contributed by atoms with Crippen molar-refractivity contribution in [2.24, 2.45) is 11.8 Å². The van der Waals surface area contributed by atoms with Crippen molar-refractivity contribution in [1.82, 2.24) is 40.0 Å². The number of aryl methyl sites for hydroxylation is 1. The Morgan fingerprint density at radius 2 is 0.667 bits per heavy atom. The summed E-state index contributed by atoms with van der Waals surface area (Å²) in [5.41, 5.74) is 12.0. The third-order valence-corrected chi connectivity index (χ3v) is 28.0. The highest BCUT2D eigenvalue weighted by Crippen LogP contribution is 2.48. The molecule has 15 rings (SSSR count). The second kappa shape index (κ2) is 51.9. The van der Waals surface area contributed by atoms with Gasteiger partial charge in [-0.2, -0.15) is 0 Å². The van der Waals surface area contributed by atoms with Crippen LogP contribution in [-0.2, 0) is 93.4 Å². The molecule has 0 spiro atoms. The van der Waals surface area contributed by atoms with E-state index in [9.17, 15) is 48.3 Å². The third-order valence-electron chi connectivity index (χ3n) is 27.6. The number of benzene rings is 11. The van der Waals surface area contributed by atoms with Crippen molar-refractivity contribution in [2.75, 3.05) is 67.6 Å². The summed E-state index contributed by atoms with van der Waals surface area (Å²) in [6.07, 6.45) is 2.52. The Labute approximate surface area is 851 Å². The standard InChI is InChI=1S/C68H69ClN4O8.C48H54N4O8.3CH4/c1-46-35-37-51(38-36-46)68(50-27-13-7-14-28-50,57-33-19-20-34-58(57)69)81-63(75)44-59(70-67(79)80-45-56-54-31-17-15-29-52(54)53-30-16-18-32-55(53)56)65(77)72(4)61(43-49-25-11-6-12-26-49)66(78)71(3)60(42-48-23-9-5-10-24-48)62(74)41-47(2)64(76)73-39-21-8-22-40-73;1-32(45(56)52-25-15-6-16-26-52)27-43(53)41(28-33-17-7-4-8-18-33)50(2)47(58)42(29-34-19-9-5-10-20-34)51(3)46(57)40(30-44(54)55)49-48(59)60-31-39-37-23-13-11-21-35(37)36-22-12-14-24-38(36)39;;;/h5-7,9-20,23-38,47,56,59-61H,8,21-22,39-45H2,1-4H3,(H,70,79);4-5,7-14,17-24,32,39-42H,6,15-16,25-31H2,1-3H3,(H,49,59)(H,54,55);3*1H4/t47-,59+,60+,61+,68?;32-,40+,41+,42+;;;/m11.../s1. The largest absolute Gasteiger partial charge is 0.481 e. The summed E-state index contributed by atoms with van der Waals surface area (Å²) < 4.78 is 18.5. The summed E-state index contributed by atoms with van der Waals surface area (Å²) >= 11 is 7.06. The SMILES string of the molecule is C.C.C.C[C@H](CC(=O)[C@H](Cc1ccccc1)N(C)C(=O)[C@H](Cc1ccccc1)N(C)C(=O)[C@H](CC(=O)O)NC(=O)OCC1c2ccccc2-c2ccccc21)C(=O)N1CCCCC1.Cc1ccc(C(OC(=O)C[C@H](NC(=O)OCC2c3ccccc3-c3ccccc32)C(=O)N(C)[C@@H](Cc2ccccc2)C(=O)N(C)[C@@H](Cc2ccccc2)C(=O)C[C@@H](C)C(=O)N2CCCCC2)(c2ccccc2)c2ccccc2Cl)cc1. The van der Waals surface area contributed by atoms with Crippen molar-refractivity contribution in [3.63, 3.8) is 0 Å². The monoisotopic (exact) mass is 1970 g/mol. The molecule has 2 saturated heterocycles. The van der Waals surface area contributed by atoms with E-state index in [2.05, 4.69) is 10.6 Å². The second-order valence-corrected chi connectivity index (χ2v) is 37.7. The molecule has 2 aliphatic carbocycles. The number of amides is 8. The molecule has 0 bridgehead atoms. The minimum Gasteiger partial charge on any atom is -0.481 e. The molecule has 0 aromatic heterocycles. The zero-order chi connectivity index (χ0) is 99.8. The molecule has 2 aliphatic heterocycles. The van der Waals surface area contributed by atoms with Crippen LogP contribution in [0.4, 0.5) is 9.59 Å². The molecule has 0 saturated carbocycles. The first kappa shape index (κ1) is 110. The van der Waals surface area contributed by atoms with Gasteiger partial charge in [-0.25, -0.2) is 9.59 Å². The number of esters is 1. The second-order valence-electron chi connectivity index (χ2n) is 37.2. The van der Waals surface area contributed by atoms with Crippen LogP contribution in [0.2, 0.25) is 5.02 Å². The average molecular weight is 1970 g/mol. The quantitative estimate of drug-likeness (QED) is 0.0184. The summed E-state index contributed by atoms with van der Waals surface area (Å²) in [5, 5.41) is 15.4. The predicted octanol–water partition coefficient (Wildman–Crippen LogP) is 19.6. The zero-order valence-corrected chi connectivity index (χ0v) is 81.6. The number of ketones is 2. The number of halogens is 1. The van der Waals surface area contributed by atoms with E-state index >= 15 is 14.4 Å². The highest BCUT2D eigenvalue weighted by molar-refractivity contribution is 6.31. The van der Waals surface area contributed by atoms with Crippen molar-refractivity contribution in [3.05, 3.63) is 369 Å². The van der Waals surface area contributed by atoms with Gasteiger partial charge in [-0.15, -0.1) is 0 Å². The zero-order valence-electron chi connectivity index (χ0n) is 80.8. The molecule has 754 valence electrons. The fourth-order valence-corrected chi connectivity index (χ4v) is 20.2. The minimum atomic E-state index is -1.66. The molecule has 4 aliphatic rings. The van der Waals surface area contributed by atoms with Gasteiger partial charge in [0.15, 0.2) is 17.2 Å². The van der Waals surface area contributed by atoms with Crippen molar-refractivity contribution in [3.8, 4) is 22.3 Å². The van der Waals surface area contributed by atoms with Crippen molar-refractivity contribution in [2.45, 2.75) is 187 Å². The highest BCUT2D eigenvalue weighted by Gasteiger charge is 2.47. The van der Waals surface area contributed by atoms with E-state index in [1.807, 2.05) is 278 Å². The topological polar surface area (TPSA) is 296 Å². The number of fused-ring (bicyclic) bond motifs is 6. The molecule has 11 aromatic carbocycles. The number of ether oxygens (including phenoxy) is 3. The Hall–Kier alpha value is -14.7. The van der Waals surface area contributed by atoms with Crippen LogP contribution in [0, 0.1) is 18.8 Å². The molecule has 8 amide bonds. The molecule has 0 radical (unpaired) electrons. The smallest absolute Gasteiger partial charge is 0.407 e. The molecule has 24 nitrogen and oxygen atoms in total. The summed E-state index contributed by atoms with van der Waals surface area (Å²) in [4.78, 5) is 180. The van der Waals surface area contributed by atoms with Gasteiger partial charge in [-0.05, 0) is 131 Å². The maximum atomic E-state index is 15.6. The number of nitrogens with zero attached hydrogens (tertiary/aromatic N) is 6. The lowest BCUT2D eigenvalue weighted by molar-refractivity contribution is -0.156. The number of hydrogen-bond acceptors (Lipinski definition) is 15. The van der Waals surface area contributed by atoms with Gasteiger partial charge >= 0.3 is 24.1 Å². The normalized spacial score (nSPS) is 14.9. The number of carbonyl (C=O) groups is 12. The average Bonchev–Trinajstić information content (AvgIpc) is 1.01. The molecule has 1 unspecified atom stereocenters. The van der Waals surface area contributed by atoms with Gasteiger partial charge in [0.2, 0.25) is 35.4 Å². The molecule has 25 heteroatoms. The van der Waals surface area contributed by atoms with Gasteiger partial charge in [-0.1, -0.05) is 344 Å². The number of nitrogens with one attached hydrogen (secondary N) is 2. The van der Waals surface area contributed by atoms with Crippen LogP contribution in [0.1, 0.15) is 179 Å². The molecule has 2 fully saturated rings. The van der Waals surface area contributed by atoms with E-state index in [1.165, 1.54) is 35.8 Å². The number of alkyl carbamates (subject to hydrolysis) is 2. The fraction of sp³-hybridized carbons (Fsp3) is 0.345. The number of likely N-dealkylation sites (N-methyl/N-ethyl adjacent to an activating group) is 4. The van der Waals surface area contributed by atoms with E-state index in [-0.39, 0.29) is 109 Å². The van der Waals surface area contributed by atoms with Crippen LogP contribution in [-0.4, -0.2) is 209 Å². The van der Waals surface area contributed by atoms with E-state index in [0.717, 1.165) is 110 Å². The van der Waals surface area contributed by atoms with Gasteiger partial charge in [-0.3, -0.25) is 47.9 Å². The number of likely N-dealkylation sites (tertiary alicyclic amines) is 2. The van der Waals surface area contributed by atoms with Crippen LogP contribution >= 0.6 is 11.6 Å². The lowest BCUT2D eigenvalue weighted by Crippen LogP contribution is -2.58. The number of aliphatic carboxylic acids is 1. The Balaban J connectivity index is 0.000000281. The fourth-order valence-electron chi connectivity index (χ4n) is 19.9. The number of piperidine rings is 2. The molecule has 144 heavy (non-hydrogen) atoms. The van der Waals surface area contributed by atoms with Crippen molar-refractivity contribution < 1.29 is 76.9 Å². The molecule has 2 heterocycles. The summed E-state index contributed by atoms with van der Waals surface area (Å²) in [5.74, 6) is -7.54. The van der Waals surface area contributed by atoms with E-state index in [0.29, 0.717) is 53.5 Å². The van der Waals surface area contributed by atoms with Crippen LogP contribution < -0.4 is 10.6 Å². The van der Waals surface area contributed by atoms with Crippen LogP contribution in [0.25, 0.3) is 22.3 Å². The van der Waals surface area contributed by atoms with Crippen molar-refractivity contribution >= 4 is 82.7 Å². The summed E-state index contributed by atoms with van der Waals surface area (Å²) in [6.45, 7) is 7.91. The number of carboxylic acid groups (broad SMARTS) is 1. The van der Waals surface area contributed by atoms with Gasteiger partial charge in [0.05, 0.1) is 24.9 Å².